The maximum Gasteiger partial charge on any atom is 0.314 e. The molecule has 0 saturated carbocycles. The molecule has 1 N–H and O–H groups in total. The molecule has 2 aliphatic rings. The quantitative estimate of drug-likeness (QED) is 0.613. The highest BCUT2D eigenvalue weighted by atomic mass is 35.5. The number of amidine groups is 1. The highest BCUT2D eigenvalue weighted by Gasteiger charge is 2.37. The number of piperidine rings is 1. The van der Waals surface area contributed by atoms with Crippen molar-refractivity contribution in [1.82, 2.24) is 4.90 Å². The number of carboxylic acids is 1. The third kappa shape index (κ3) is 5.95. The molecule has 0 aromatic heterocycles. The van der Waals surface area contributed by atoms with Gasteiger partial charge in [0.2, 0.25) is 0 Å². The van der Waals surface area contributed by atoms with E-state index in [0.29, 0.717) is 33.1 Å². The van der Waals surface area contributed by atoms with Crippen molar-refractivity contribution in [3.05, 3.63) is 33.8 Å². The number of carboxylic acid groups (broad SMARTS) is 1. The molecule has 2 atom stereocenters. The lowest BCUT2D eigenvalue weighted by Crippen LogP contribution is -2.37. The minimum Gasteiger partial charge on any atom is -0.481 e. The van der Waals surface area contributed by atoms with Gasteiger partial charge in [0, 0.05) is 6.54 Å². The molecule has 0 aliphatic carbocycles. The SMILES string of the molecule is CSC1=NC(c2ccc(Cl)c(Cl)c2)C(C(=O)O)C(COCCN2CCCCC2)=N1. The molecule has 0 bridgehead atoms. The third-order valence-corrected chi connectivity index (χ3v) is 6.45. The number of nitrogens with zero attached hydrogens (tertiary/aromatic N) is 3. The summed E-state index contributed by atoms with van der Waals surface area (Å²) in [5.74, 6) is -1.89. The Bertz CT molecular complexity index is 797. The first-order valence-corrected chi connectivity index (χ1v) is 11.6. The van der Waals surface area contributed by atoms with Crippen LogP contribution in [0.1, 0.15) is 30.9 Å². The van der Waals surface area contributed by atoms with E-state index in [1.165, 1.54) is 31.0 Å². The zero-order valence-corrected chi connectivity index (χ0v) is 18.6. The zero-order valence-electron chi connectivity index (χ0n) is 16.3. The molecule has 0 amide bonds. The van der Waals surface area contributed by atoms with Crippen LogP contribution in [0.4, 0.5) is 0 Å². The number of halogens is 2. The molecule has 29 heavy (non-hydrogen) atoms. The second-order valence-corrected chi connectivity index (χ2v) is 8.70. The van der Waals surface area contributed by atoms with Gasteiger partial charge in [-0.3, -0.25) is 9.79 Å². The van der Waals surface area contributed by atoms with Gasteiger partial charge in [-0.1, -0.05) is 47.5 Å². The second kappa shape index (κ2) is 10.8. The Hall–Kier alpha value is -1.12. The van der Waals surface area contributed by atoms with Crippen LogP contribution in [-0.4, -0.2) is 66.0 Å². The second-order valence-electron chi connectivity index (χ2n) is 7.11. The highest BCUT2D eigenvalue weighted by molar-refractivity contribution is 8.13. The summed E-state index contributed by atoms with van der Waals surface area (Å²) in [5, 5.41) is 11.2. The van der Waals surface area contributed by atoms with E-state index >= 15 is 0 Å². The van der Waals surface area contributed by atoms with E-state index < -0.39 is 17.9 Å². The van der Waals surface area contributed by atoms with Gasteiger partial charge >= 0.3 is 5.97 Å². The van der Waals surface area contributed by atoms with Gasteiger partial charge in [-0.15, -0.1) is 0 Å². The maximum absolute atomic E-state index is 12.1. The van der Waals surface area contributed by atoms with Gasteiger partial charge in [0.25, 0.3) is 0 Å². The number of carbonyl (C=O) groups is 1. The third-order valence-electron chi connectivity index (χ3n) is 5.15. The molecular weight excluding hydrogens is 433 g/mol. The van der Waals surface area contributed by atoms with Crippen LogP contribution < -0.4 is 0 Å². The number of aliphatic imine (C=N–C) groups is 2. The Morgan fingerprint density at radius 1 is 1.28 bits per heavy atom. The van der Waals surface area contributed by atoms with E-state index in [2.05, 4.69) is 14.9 Å². The summed E-state index contributed by atoms with van der Waals surface area (Å²) in [6.07, 6.45) is 5.62. The molecule has 158 valence electrons. The van der Waals surface area contributed by atoms with Crippen molar-refractivity contribution in [3.63, 3.8) is 0 Å². The molecule has 0 radical (unpaired) electrons. The van der Waals surface area contributed by atoms with Crippen molar-refractivity contribution in [2.45, 2.75) is 25.3 Å². The van der Waals surface area contributed by atoms with Crippen LogP contribution >= 0.6 is 35.0 Å². The normalized spacial score (nSPS) is 22.9. The van der Waals surface area contributed by atoms with E-state index in [4.69, 9.17) is 27.9 Å². The topological polar surface area (TPSA) is 74.5 Å². The smallest absolute Gasteiger partial charge is 0.314 e. The maximum atomic E-state index is 12.1. The molecule has 1 fully saturated rings. The van der Waals surface area contributed by atoms with Gasteiger partial charge in [0.05, 0.1) is 35.0 Å². The average molecular weight is 458 g/mol. The fourth-order valence-electron chi connectivity index (χ4n) is 3.61. The number of likely N-dealkylation sites (tertiary alicyclic amines) is 1. The number of hydrogen-bond acceptors (Lipinski definition) is 6. The first-order chi connectivity index (χ1) is 14.0. The van der Waals surface area contributed by atoms with Crippen LogP contribution in [0.3, 0.4) is 0 Å². The van der Waals surface area contributed by atoms with Gasteiger partial charge in [-0.05, 0) is 49.9 Å². The summed E-state index contributed by atoms with van der Waals surface area (Å²) in [7, 11) is 0. The molecular formula is C20H25Cl2N3O3S. The standard InChI is InChI=1S/C20H25Cl2N3O3S/c1-29-20-23-16(12-28-10-9-25-7-3-2-4-8-25)17(19(26)27)18(24-20)13-5-6-14(21)15(22)11-13/h5-6,11,17-18H,2-4,7-10,12H2,1H3,(H,26,27). The van der Waals surface area contributed by atoms with Crippen molar-refractivity contribution in [1.29, 1.82) is 0 Å². The van der Waals surface area contributed by atoms with Crippen LogP contribution in [-0.2, 0) is 9.53 Å². The van der Waals surface area contributed by atoms with E-state index in [-0.39, 0.29) is 6.61 Å². The number of benzene rings is 1. The van der Waals surface area contributed by atoms with E-state index in [0.717, 1.165) is 19.6 Å². The largest absolute Gasteiger partial charge is 0.481 e. The molecule has 2 unspecified atom stereocenters. The minimum absolute atomic E-state index is 0.169. The fraction of sp³-hybridized carbons (Fsp3) is 0.550. The molecule has 1 saturated heterocycles. The molecule has 1 aromatic carbocycles. The highest BCUT2D eigenvalue weighted by Crippen LogP contribution is 2.35. The van der Waals surface area contributed by atoms with Crippen LogP contribution in [0.5, 0.6) is 0 Å². The number of ether oxygens (including phenoxy) is 1. The number of thioether (sulfide) groups is 1. The molecule has 9 heteroatoms. The first kappa shape index (κ1) is 22.6. The van der Waals surface area contributed by atoms with E-state index in [1.54, 1.807) is 18.2 Å². The number of hydrogen-bond donors (Lipinski definition) is 1. The number of rotatable bonds is 7. The van der Waals surface area contributed by atoms with Crippen LogP contribution in [0.25, 0.3) is 0 Å². The Labute approximate surface area is 185 Å². The molecule has 2 heterocycles. The van der Waals surface area contributed by atoms with Gasteiger partial charge < -0.3 is 14.7 Å². The lowest BCUT2D eigenvalue weighted by Gasteiger charge is -2.28. The lowest BCUT2D eigenvalue weighted by atomic mass is 9.89. The van der Waals surface area contributed by atoms with Crippen molar-refractivity contribution >= 4 is 51.8 Å². The predicted octanol–water partition coefficient (Wildman–Crippen LogP) is 4.41. The van der Waals surface area contributed by atoms with Crippen molar-refractivity contribution in [2.75, 3.05) is 39.1 Å². The summed E-state index contributed by atoms with van der Waals surface area (Å²) in [5.41, 5.74) is 1.17. The predicted molar refractivity (Wildman–Crippen MR) is 120 cm³/mol. The molecule has 2 aliphatic heterocycles. The Kier molecular flexibility index (Phi) is 8.38. The van der Waals surface area contributed by atoms with Crippen molar-refractivity contribution in [3.8, 4) is 0 Å². The average Bonchev–Trinajstić information content (AvgIpc) is 2.73. The minimum atomic E-state index is -0.983. The van der Waals surface area contributed by atoms with E-state index in [1.807, 2.05) is 6.26 Å². The van der Waals surface area contributed by atoms with Crippen LogP contribution in [0, 0.1) is 5.92 Å². The Morgan fingerprint density at radius 2 is 2.03 bits per heavy atom. The molecule has 0 spiro atoms. The van der Waals surface area contributed by atoms with Gasteiger partial charge in [0.1, 0.15) is 5.92 Å². The Balaban J connectivity index is 1.72. The summed E-state index contributed by atoms with van der Waals surface area (Å²) in [6.45, 7) is 3.77. The lowest BCUT2D eigenvalue weighted by molar-refractivity contribution is -0.140. The molecule has 1 aromatic rings. The molecule has 6 nitrogen and oxygen atoms in total. The summed E-state index contributed by atoms with van der Waals surface area (Å²) < 4.78 is 5.83. The summed E-state index contributed by atoms with van der Waals surface area (Å²) in [6, 6.07) is 4.47. The fourth-order valence-corrected chi connectivity index (χ4v) is 4.35. The van der Waals surface area contributed by atoms with Gasteiger partial charge in [0.15, 0.2) is 5.17 Å². The number of aliphatic carboxylic acids is 1. The first-order valence-electron chi connectivity index (χ1n) is 9.66. The van der Waals surface area contributed by atoms with Crippen molar-refractivity contribution < 1.29 is 14.6 Å². The van der Waals surface area contributed by atoms with Crippen LogP contribution in [0.2, 0.25) is 10.0 Å². The van der Waals surface area contributed by atoms with Gasteiger partial charge in [-0.2, -0.15) is 0 Å². The monoisotopic (exact) mass is 457 g/mol. The summed E-state index contributed by atoms with van der Waals surface area (Å²) in [4.78, 5) is 23.5. The zero-order chi connectivity index (χ0) is 20.8. The van der Waals surface area contributed by atoms with Crippen molar-refractivity contribution in [2.24, 2.45) is 15.9 Å². The molecule has 3 rings (SSSR count). The van der Waals surface area contributed by atoms with E-state index in [9.17, 15) is 9.90 Å². The van der Waals surface area contributed by atoms with Crippen LogP contribution in [0.15, 0.2) is 28.2 Å². The van der Waals surface area contributed by atoms with Gasteiger partial charge in [-0.25, -0.2) is 4.99 Å². The Morgan fingerprint density at radius 3 is 2.69 bits per heavy atom. The summed E-state index contributed by atoms with van der Waals surface area (Å²) >= 11 is 13.5.